The highest BCUT2D eigenvalue weighted by Crippen LogP contribution is 2.41. The molecule has 0 aliphatic carbocycles. The highest BCUT2D eigenvalue weighted by atomic mass is 19.4. The van der Waals surface area contributed by atoms with Gasteiger partial charge >= 0.3 is 6.18 Å². The fraction of sp³-hybridized carbons (Fsp3) is 0.350. The number of carbonyl (C=O) groups is 1. The van der Waals surface area contributed by atoms with Crippen LogP contribution in [0, 0.1) is 12.7 Å². The highest BCUT2D eigenvalue weighted by Gasteiger charge is 2.56. The largest absolute Gasteiger partial charge is 0.416 e. The smallest absolute Gasteiger partial charge is 0.385 e. The van der Waals surface area contributed by atoms with Crippen molar-refractivity contribution in [3.05, 3.63) is 64.9 Å². The lowest BCUT2D eigenvalue weighted by Gasteiger charge is -2.39. The maximum Gasteiger partial charge on any atom is 0.416 e. The molecule has 11 heteroatoms. The lowest BCUT2D eigenvalue weighted by Crippen LogP contribution is -2.60. The molecule has 0 radical (unpaired) electrons. The average Bonchev–Trinajstić information content (AvgIpc) is 3.21. The molecule has 1 aromatic carbocycles. The fourth-order valence-corrected chi connectivity index (χ4v) is 3.71. The van der Waals surface area contributed by atoms with E-state index in [-0.39, 0.29) is 30.0 Å². The number of ether oxygens (including phenoxy) is 1. The first-order valence-electron chi connectivity index (χ1n) is 9.24. The number of aliphatic hydroxyl groups is 1. The van der Waals surface area contributed by atoms with Gasteiger partial charge in [0.2, 0.25) is 0 Å². The van der Waals surface area contributed by atoms with E-state index in [1.165, 1.54) is 23.8 Å². The summed E-state index contributed by atoms with van der Waals surface area (Å²) in [6, 6.07) is 1.93. The zero-order chi connectivity index (χ0) is 22.6. The second kappa shape index (κ2) is 6.99. The number of amides is 1. The quantitative estimate of drug-likeness (QED) is 0.614. The molecule has 1 unspecified atom stereocenters. The molecule has 0 bridgehead atoms. The molecule has 3 heterocycles. The second-order valence-electron chi connectivity index (χ2n) is 7.78. The summed E-state index contributed by atoms with van der Waals surface area (Å²) in [7, 11) is 0. The van der Waals surface area contributed by atoms with Crippen molar-refractivity contribution in [1.82, 2.24) is 19.9 Å². The van der Waals surface area contributed by atoms with Gasteiger partial charge < -0.3 is 15.2 Å². The van der Waals surface area contributed by atoms with Crippen molar-refractivity contribution in [2.24, 2.45) is 0 Å². The maximum atomic E-state index is 14.9. The SMILES string of the molecule is Cc1cnc2c(C(=O)N[C@@]3(c4ccc(C(F)(F)F)cc4F)COCC3(C)O)cnn2c1. The Balaban J connectivity index is 1.78. The zero-order valence-electron chi connectivity index (χ0n) is 16.5. The van der Waals surface area contributed by atoms with Gasteiger partial charge in [-0.3, -0.25) is 4.79 Å². The number of nitrogens with one attached hydrogen (secondary N) is 1. The number of aromatic nitrogens is 3. The number of aryl methyl sites for hydroxylation is 1. The standard InChI is InChI=1S/C20H18F4N4O3/c1-11-6-25-16-13(7-26-28(16)8-11)17(29)27-19(10-31-9-18(19,2)30)14-4-3-12(5-15(14)21)20(22,23)24/h3-8,30H,9-10H2,1-2H3,(H,27,29)/t18?,19-/m1/s1. The van der Waals surface area contributed by atoms with Crippen LogP contribution >= 0.6 is 0 Å². The van der Waals surface area contributed by atoms with Gasteiger partial charge in [0.25, 0.3) is 5.91 Å². The average molecular weight is 438 g/mol. The first-order chi connectivity index (χ1) is 14.4. The number of rotatable bonds is 3. The van der Waals surface area contributed by atoms with E-state index in [4.69, 9.17) is 4.74 Å². The fourth-order valence-electron chi connectivity index (χ4n) is 3.71. The normalized spacial score (nSPS) is 24.0. The van der Waals surface area contributed by atoms with Crippen molar-refractivity contribution in [1.29, 1.82) is 0 Å². The number of nitrogens with zero attached hydrogens (tertiary/aromatic N) is 3. The van der Waals surface area contributed by atoms with E-state index in [1.807, 2.05) is 0 Å². The molecule has 3 aromatic rings. The summed E-state index contributed by atoms with van der Waals surface area (Å²) >= 11 is 0. The van der Waals surface area contributed by atoms with Crippen LogP contribution < -0.4 is 5.32 Å². The zero-order valence-corrected chi connectivity index (χ0v) is 16.5. The van der Waals surface area contributed by atoms with E-state index in [0.717, 1.165) is 11.6 Å². The number of carbonyl (C=O) groups excluding carboxylic acids is 1. The Bertz CT molecular complexity index is 1170. The van der Waals surface area contributed by atoms with E-state index in [9.17, 15) is 27.5 Å². The van der Waals surface area contributed by atoms with Gasteiger partial charge in [-0.1, -0.05) is 6.07 Å². The molecule has 1 saturated heterocycles. The Labute approximate surface area is 173 Å². The van der Waals surface area contributed by atoms with Crippen LogP contribution in [0.3, 0.4) is 0 Å². The van der Waals surface area contributed by atoms with Gasteiger partial charge in [0.15, 0.2) is 5.65 Å². The molecular formula is C20H18F4N4O3. The summed E-state index contributed by atoms with van der Waals surface area (Å²) in [4.78, 5) is 17.3. The highest BCUT2D eigenvalue weighted by molar-refractivity contribution is 6.00. The topological polar surface area (TPSA) is 88.8 Å². The van der Waals surface area contributed by atoms with Crippen LogP contribution in [0.4, 0.5) is 17.6 Å². The van der Waals surface area contributed by atoms with Crippen LogP contribution in [0.1, 0.15) is 34.0 Å². The van der Waals surface area contributed by atoms with E-state index in [0.29, 0.717) is 12.1 Å². The summed E-state index contributed by atoms with van der Waals surface area (Å²) in [5.74, 6) is -1.97. The van der Waals surface area contributed by atoms with Crippen LogP contribution in [-0.2, 0) is 16.5 Å². The van der Waals surface area contributed by atoms with Gasteiger partial charge in [-0.2, -0.15) is 18.3 Å². The molecule has 1 aliphatic heterocycles. The van der Waals surface area contributed by atoms with Gasteiger partial charge in [0, 0.05) is 18.0 Å². The second-order valence-corrected chi connectivity index (χ2v) is 7.78. The molecule has 2 aromatic heterocycles. The van der Waals surface area contributed by atoms with Crippen molar-refractivity contribution < 1.29 is 32.2 Å². The van der Waals surface area contributed by atoms with Gasteiger partial charge in [0.05, 0.1) is 25.0 Å². The van der Waals surface area contributed by atoms with Crippen LogP contribution in [0.25, 0.3) is 5.65 Å². The molecule has 0 spiro atoms. The first kappa shape index (κ1) is 21.2. The number of hydrogen-bond donors (Lipinski definition) is 2. The summed E-state index contributed by atoms with van der Waals surface area (Å²) in [6.07, 6.45) is -0.295. The Morgan fingerprint density at radius 3 is 2.65 bits per heavy atom. The predicted octanol–water partition coefficient (Wildman–Crippen LogP) is 2.60. The Hall–Kier alpha value is -3.05. The van der Waals surface area contributed by atoms with E-state index in [2.05, 4.69) is 15.4 Å². The summed E-state index contributed by atoms with van der Waals surface area (Å²) < 4.78 is 60.5. The monoisotopic (exact) mass is 438 g/mol. The molecule has 1 amide bonds. The predicted molar refractivity (Wildman–Crippen MR) is 99.7 cm³/mol. The minimum Gasteiger partial charge on any atom is -0.385 e. The molecule has 0 saturated carbocycles. The van der Waals surface area contributed by atoms with E-state index >= 15 is 0 Å². The molecule has 164 valence electrons. The van der Waals surface area contributed by atoms with Gasteiger partial charge in [0.1, 0.15) is 22.5 Å². The van der Waals surface area contributed by atoms with Crippen molar-refractivity contribution in [3.63, 3.8) is 0 Å². The Morgan fingerprint density at radius 1 is 1.29 bits per heavy atom. The Morgan fingerprint density at radius 2 is 2.03 bits per heavy atom. The molecule has 2 N–H and O–H groups in total. The van der Waals surface area contributed by atoms with Crippen LogP contribution in [-0.4, -0.2) is 44.4 Å². The van der Waals surface area contributed by atoms with Crippen LogP contribution in [0.15, 0.2) is 36.8 Å². The third-order valence-corrected chi connectivity index (χ3v) is 5.43. The summed E-state index contributed by atoms with van der Waals surface area (Å²) in [5, 5.41) is 17.6. The minimum absolute atomic E-state index is 0.0504. The maximum absolute atomic E-state index is 14.9. The molecular weight excluding hydrogens is 420 g/mol. The van der Waals surface area contributed by atoms with E-state index in [1.54, 1.807) is 13.1 Å². The van der Waals surface area contributed by atoms with Crippen LogP contribution in [0.5, 0.6) is 0 Å². The number of benzene rings is 1. The van der Waals surface area contributed by atoms with Gasteiger partial charge in [-0.15, -0.1) is 0 Å². The third-order valence-electron chi connectivity index (χ3n) is 5.43. The van der Waals surface area contributed by atoms with Crippen molar-refractivity contribution >= 4 is 11.6 Å². The number of alkyl halides is 3. The molecule has 1 aliphatic rings. The van der Waals surface area contributed by atoms with Gasteiger partial charge in [-0.05, 0) is 31.5 Å². The molecule has 7 nitrogen and oxygen atoms in total. The Kier molecular flexibility index (Phi) is 4.78. The van der Waals surface area contributed by atoms with Crippen molar-refractivity contribution in [2.75, 3.05) is 13.2 Å². The number of fused-ring (bicyclic) bond motifs is 1. The molecule has 31 heavy (non-hydrogen) atoms. The van der Waals surface area contributed by atoms with Crippen LogP contribution in [0.2, 0.25) is 0 Å². The molecule has 4 rings (SSSR count). The minimum atomic E-state index is -4.74. The first-order valence-corrected chi connectivity index (χ1v) is 9.24. The molecule has 2 atom stereocenters. The number of halogens is 4. The van der Waals surface area contributed by atoms with Gasteiger partial charge in [-0.25, -0.2) is 13.9 Å². The van der Waals surface area contributed by atoms with Crippen molar-refractivity contribution in [2.45, 2.75) is 31.2 Å². The number of hydrogen-bond acceptors (Lipinski definition) is 5. The summed E-state index contributed by atoms with van der Waals surface area (Å²) in [6.45, 7) is 2.50. The lowest BCUT2D eigenvalue weighted by atomic mass is 9.77. The lowest BCUT2D eigenvalue weighted by molar-refractivity contribution is -0.137. The van der Waals surface area contributed by atoms with Crippen molar-refractivity contribution in [3.8, 4) is 0 Å². The third kappa shape index (κ3) is 3.43. The molecule has 1 fully saturated rings. The summed E-state index contributed by atoms with van der Waals surface area (Å²) in [5.41, 5.74) is -4.07. The van der Waals surface area contributed by atoms with E-state index < -0.39 is 34.6 Å².